The maximum atomic E-state index is 12.1. The molecule has 46 heavy (non-hydrogen) atoms. The SMILES string of the molecule is CC(C)(N)C(=O)NCCn1ccc2ncnc(Nc3ccc(Oc4cccc5sncc45)c(Cl)c3)c21.CS(=O)(=O)O.CS(=O)(=O)O. The van der Waals surface area contributed by atoms with Crippen molar-refractivity contribution in [3.63, 3.8) is 0 Å². The van der Waals surface area contributed by atoms with E-state index >= 15 is 0 Å². The molecule has 6 N–H and O–H groups in total. The summed E-state index contributed by atoms with van der Waals surface area (Å²) in [5, 5.41) is 7.58. The van der Waals surface area contributed by atoms with E-state index in [9.17, 15) is 21.6 Å². The Kier molecular flexibility index (Phi) is 12.0. The van der Waals surface area contributed by atoms with E-state index in [2.05, 4.69) is 25.0 Å². The van der Waals surface area contributed by atoms with Gasteiger partial charge in [0, 0.05) is 25.0 Å². The van der Waals surface area contributed by atoms with Gasteiger partial charge in [-0.3, -0.25) is 13.9 Å². The van der Waals surface area contributed by atoms with Crippen molar-refractivity contribution < 1.29 is 35.5 Å². The molecule has 0 aliphatic carbocycles. The first-order valence-electron chi connectivity index (χ1n) is 13.1. The van der Waals surface area contributed by atoms with Gasteiger partial charge in [-0.25, -0.2) is 9.97 Å². The Balaban J connectivity index is 0.000000503. The molecule has 0 aliphatic heterocycles. The maximum Gasteiger partial charge on any atom is 0.261 e. The number of carbonyl (C=O) groups is 1. The molecular formula is C27H32ClN7O8S3. The number of benzene rings is 2. The molecule has 0 bridgehead atoms. The van der Waals surface area contributed by atoms with Crippen LogP contribution in [0, 0.1) is 0 Å². The summed E-state index contributed by atoms with van der Waals surface area (Å²) >= 11 is 7.98. The lowest BCUT2D eigenvalue weighted by atomic mass is 10.1. The molecule has 0 fully saturated rings. The van der Waals surface area contributed by atoms with Crippen molar-refractivity contribution in [1.29, 1.82) is 0 Å². The maximum absolute atomic E-state index is 12.1. The Hall–Kier alpha value is -3.91. The summed E-state index contributed by atoms with van der Waals surface area (Å²) in [5.74, 6) is 1.64. The Labute approximate surface area is 274 Å². The van der Waals surface area contributed by atoms with Crippen molar-refractivity contribution in [1.82, 2.24) is 24.2 Å². The third-order valence-electron chi connectivity index (χ3n) is 5.55. The van der Waals surface area contributed by atoms with E-state index < -0.39 is 25.8 Å². The second-order valence-corrected chi connectivity index (χ2v) is 14.4. The lowest BCUT2D eigenvalue weighted by molar-refractivity contribution is -0.125. The highest BCUT2D eigenvalue weighted by Crippen LogP contribution is 2.36. The smallest absolute Gasteiger partial charge is 0.261 e. The molecule has 0 radical (unpaired) electrons. The van der Waals surface area contributed by atoms with Gasteiger partial charge >= 0.3 is 0 Å². The molecule has 0 atom stereocenters. The predicted octanol–water partition coefficient (Wildman–Crippen LogP) is 4.09. The molecule has 0 aliphatic rings. The van der Waals surface area contributed by atoms with Gasteiger partial charge in [-0.1, -0.05) is 17.7 Å². The monoisotopic (exact) mass is 713 g/mol. The molecule has 19 heteroatoms. The Morgan fingerprint density at radius 3 is 2.37 bits per heavy atom. The fourth-order valence-corrected chi connectivity index (χ4v) is 4.58. The minimum Gasteiger partial charge on any atom is -0.455 e. The number of aromatic nitrogens is 4. The quantitative estimate of drug-likeness (QED) is 0.143. The lowest BCUT2D eigenvalue weighted by Gasteiger charge is -2.18. The van der Waals surface area contributed by atoms with Crippen LogP contribution in [-0.2, 0) is 31.6 Å². The summed E-state index contributed by atoms with van der Waals surface area (Å²) in [6.07, 6.45) is 6.63. The summed E-state index contributed by atoms with van der Waals surface area (Å²) in [4.78, 5) is 20.9. The van der Waals surface area contributed by atoms with Crippen LogP contribution in [0.25, 0.3) is 21.1 Å². The molecule has 248 valence electrons. The van der Waals surface area contributed by atoms with Crippen molar-refractivity contribution in [2.45, 2.75) is 25.9 Å². The van der Waals surface area contributed by atoms with Crippen molar-refractivity contribution in [3.05, 3.63) is 66.2 Å². The summed E-state index contributed by atoms with van der Waals surface area (Å²) in [6.45, 7) is 4.29. The molecule has 3 heterocycles. The van der Waals surface area contributed by atoms with Gasteiger partial charge in [-0.15, -0.1) is 0 Å². The lowest BCUT2D eigenvalue weighted by Crippen LogP contribution is -2.49. The van der Waals surface area contributed by atoms with Crippen LogP contribution in [0.5, 0.6) is 11.5 Å². The number of hydrogen-bond donors (Lipinski definition) is 5. The number of rotatable bonds is 8. The Bertz CT molecular complexity index is 2000. The van der Waals surface area contributed by atoms with Crippen LogP contribution in [0.2, 0.25) is 5.02 Å². The second kappa shape index (κ2) is 15.1. The molecule has 5 rings (SSSR count). The molecule has 0 spiro atoms. The minimum absolute atomic E-state index is 0.211. The molecule has 0 saturated heterocycles. The zero-order valence-corrected chi connectivity index (χ0v) is 28.2. The van der Waals surface area contributed by atoms with Crippen molar-refractivity contribution in [2.24, 2.45) is 5.73 Å². The highest BCUT2D eigenvalue weighted by molar-refractivity contribution is 7.85. The number of anilines is 2. The van der Waals surface area contributed by atoms with Crippen LogP contribution in [-0.4, -0.2) is 75.4 Å². The Morgan fingerprint density at radius 2 is 1.74 bits per heavy atom. The zero-order valence-electron chi connectivity index (χ0n) is 25.0. The van der Waals surface area contributed by atoms with E-state index in [1.54, 1.807) is 26.1 Å². The number of hydrogen-bond acceptors (Lipinski definition) is 12. The van der Waals surface area contributed by atoms with Gasteiger partial charge in [0.2, 0.25) is 5.91 Å². The summed E-state index contributed by atoms with van der Waals surface area (Å²) in [7, 11) is -7.33. The average molecular weight is 714 g/mol. The highest BCUT2D eigenvalue weighted by atomic mass is 35.5. The summed E-state index contributed by atoms with van der Waals surface area (Å²) < 4.78 is 65.1. The minimum atomic E-state index is -3.67. The largest absolute Gasteiger partial charge is 0.455 e. The zero-order chi connectivity index (χ0) is 34.3. The van der Waals surface area contributed by atoms with E-state index in [1.807, 2.05) is 47.2 Å². The number of halogens is 1. The van der Waals surface area contributed by atoms with Gasteiger partial charge in [0.1, 0.15) is 23.3 Å². The predicted molar refractivity (Wildman–Crippen MR) is 178 cm³/mol. The number of nitrogens with one attached hydrogen (secondary N) is 2. The topological polar surface area (TPSA) is 229 Å². The number of nitrogens with two attached hydrogens (primary N) is 1. The summed E-state index contributed by atoms with van der Waals surface area (Å²) in [6, 6.07) is 13.2. The molecular weight excluding hydrogens is 682 g/mol. The third kappa shape index (κ3) is 11.8. The van der Waals surface area contributed by atoms with Gasteiger partial charge in [0.25, 0.3) is 20.2 Å². The first kappa shape index (κ1) is 36.6. The standard InChI is InChI=1S/C25H24ClN7O2S.2CH4O3S/c1-25(2,27)24(34)28-9-11-33-10-8-18-22(33)23(30-14-29-18)32-15-6-7-20(17(26)12-15)35-19-4-3-5-21-16(19)13-31-36-21;2*1-5(2,3)4/h3-8,10,12-14H,9,11,27H2,1-2H3,(H,28,34)(H,29,30,32);2*1H3,(H,2,3,4). The van der Waals surface area contributed by atoms with Crippen molar-refractivity contribution in [2.75, 3.05) is 24.4 Å². The molecule has 1 amide bonds. The molecule has 0 unspecified atom stereocenters. The number of ether oxygens (including phenoxy) is 1. The van der Waals surface area contributed by atoms with Crippen molar-refractivity contribution in [3.8, 4) is 11.5 Å². The molecule has 15 nitrogen and oxygen atoms in total. The van der Waals surface area contributed by atoms with Crippen LogP contribution in [0.3, 0.4) is 0 Å². The molecule has 2 aromatic carbocycles. The number of nitrogens with zero attached hydrogens (tertiary/aromatic N) is 4. The van der Waals surface area contributed by atoms with E-state index in [4.69, 9.17) is 31.2 Å². The number of amides is 1. The van der Waals surface area contributed by atoms with E-state index in [-0.39, 0.29) is 5.91 Å². The van der Waals surface area contributed by atoms with Crippen LogP contribution >= 0.6 is 23.1 Å². The van der Waals surface area contributed by atoms with Crippen LogP contribution < -0.4 is 21.1 Å². The fraction of sp³-hybridized carbons (Fsp3) is 0.259. The van der Waals surface area contributed by atoms with Gasteiger partial charge in [-0.05, 0) is 61.8 Å². The third-order valence-corrected chi connectivity index (χ3v) is 6.61. The highest BCUT2D eigenvalue weighted by Gasteiger charge is 2.21. The first-order chi connectivity index (χ1) is 21.3. The van der Waals surface area contributed by atoms with E-state index in [0.29, 0.717) is 47.9 Å². The van der Waals surface area contributed by atoms with E-state index in [0.717, 1.165) is 26.8 Å². The normalized spacial score (nSPS) is 11.7. The van der Waals surface area contributed by atoms with Crippen molar-refractivity contribution >= 4 is 81.9 Å². The van der Waals surface area contributed by atoms with Crippen LogP contribution in [0.15, 0.2) is 61.2 Å². The molecule has 3 aromatic heterocycles. The molecule has 5 aromatic rings. The van der Waals surface area contributed by atoms with E-state index in [1.165, 1.54) is 17.9 Å². The average Bonchev–Trinajstić information content (AvgIpc) is 3.56. The van der Waals surface area contributed by atoms with Gasteiger partial charge in [0.05, 0.1) is 44.9 Å². The van der Waals surface area contributed by atoms with Crippen LogP contribution in [0.1, 0.15) is 13.8 Å². The fourth-order valence-electron chi connectivity index (χ4n) is 3.70. The van der Waals surface area contributed by atoms with Crippen LogP contribution in [0.4, 0.5) is 11.5 Å². The number of fused-ring (bicyclic) bond motifs is 2. The second-order valence-electron chi connectivity index (χ2n) is 10.3. The van der Waals surface area contributed by atoms with Gasteiger partial charge in [0.15, 0.2) is 5.82 Å². The summed E-state index contributed by atoms with van der Waals surface area (Å²) in [5.41, 5.74) is 7.26. The van der Waals surface area contributed by atoms with Gasteiger partial charge < -0.3 is 25.7 Å². The van der Waals surface area contributed by atoms with Gasteiger partial charge in [-0.2, -0.15) is 21.2 Å². The molecule has 0 saturated carbocycles. The first-order valence-corrected chi connectivity index (χ1v) is 17.9. The Morgan fingerprint density at radius 1 is 1.07 bits per heavy atom. The number of carbonyl (C=O) groups excluding carboxylic acids is 1.